The number of nitrogens with one attached hydrogen (secondary N) is 2. The number of amides is 1. The molecular formula is C11H15N5OS. The fourth-order valence-electron chi connectivity index (χ4n) is 1.67. The molecule has 2 aromatic heterocycles. The molecule has 7 heteroatoms. The van der Waals surface area contributed by atoms with Gasteiger partial charge in [0.1, 0.15) is 0 Å². The molecule has 2 N–H and O–H groups in total. The molecule has 0 radical (unpaired) electrons. The molecule has 2 rings (SSSR count). The summed E-state index contributed by atoms with van der Waals surface area (Å²) in [5.74, 6) is 0.382. The first-order valence-corrected chi connectivity index (χ1v) is 6.57. The predicted molar refractivity (Wildman–Crippen MR) is 68.5 cm³/mol. The lowest BCUT2D eigenvalue weighted by Gasteiger charge is -2.08. The highest BCUT2D eigenvalue weighted by molar-refractivity contribution is 7.14. The minimum atomic E-state index is -0.260. The number of aromatic nitrogens is 4. The Hall–Kier alpha value is -1.76. The SMILES string of the molecule is CCc1sc(C(=O)NC(C)c2nn[nH]n2)cc1C. The molecule has 0 aliphatic rings. The maximum atomic E-state index is 12.0. The lowest BCUT2D eigenvalue weighted by molar-refractivity contribution is 0.0942. The summed E-state index contributed by atoms with van der Waals surface area (Å²) >= 11 is 1.53. The standard InChI is InChI=1S/C11H15N5OS/c1-4-8-6(2)5-9(18-8)11(17)12-7(3)10-13-15-16-14-10/h5,7H,4H2,1-3H3,(H,12,17)(H,13,14,15,16). The Kier molecular flexibility index (Phi) is 3.71. The number of aromatic amines is 1. The molecule has 0 fully saturated rings. The van der Waals surface area contributed by atoms with Crippen LogP contribution in [0, 0.1) is 6.92 Å². The molecule has 1 amide bonds. The van der Waals surface area contributed by atoms with E-state index in [9.17, 15) is 4.79 Å². The lowest BCUT2D eigenvalue weighted by atomic mass is 10.2. The van der Waals surface area contributed by atoms with Gasteiger partial charge in [0.15, 0.2) is 5.82 Å². The Morgan fingerprint density at radius 3 is 2.94 bits per heavy atom. The van der Waals surface area contributed by atoms with Gasteiger partial charge >= 0.3 is 0 Å². The number of rotatable bonds is 4. The Labute approximate surface area is 109 Å². The molecule has 2 aromatic rings. The fraction of sp³-hybridized carbons (Fsp3) is 0.455. The topological polar surface area (TPSA) is 83.6 Å². The number of tetrazole rings is 1. The molecule has 0 bridgehead atoms. The van der Waals surface area contributed by atoms with Gasteiger partial charge in [-0.15, -0.1) is 21.5 Å². The second-order valence-electron chi connectivity index (χ2n) is 4.04. The number of nitrogens with zero attached hydrogens (tertiary/aromatic N) is 3. The molecule has 1 unspecified atom stereocenters. The summed E-state index contributed by atoms with van der Waals surface area (Å²) in [6.45, 7) is 5.93. The van der Waals surface area contributed by atoms with E-state index in [1.165, 1.54) is 21.8 Å². The summed E-state index contributed by atoms with van der Waals surface area (Å²) in [6, 6.07) is 1.66. The van der Waals surface area contributed by atoms with Gasteiger partial charge in [0, 0.05) is 4.88 Å². The van der Waals surface area contributed by atoms with E-state index in [4.69, 9.17) is 0 Å². The van der Waals surface area contributed by atoms with Crippen molar-refractivity contribution in [3.05, 3.63) is 27.2 Å². The average Bonchev–Trinajstić information content (AvgIpc) is 2.97. The van der Waals surface area contributed by atoms with Crippen molar-refractivity contribution in [2.75, 3.05) is 0 Å². The summed E-state index contributed by atoms with van der Waals surface area (Å²) in [5.41, 5.74) is 1.17. The first-order chi connectivity index (χ1) is 8.61. The van der Waals surface area contributed by atoms with Crippen molar-refractivity contribution in [1.29, 1.82) is 0 Å². The molecule has 18 heavy (non-hydrogen) atoms. The number of hydrogen-bond acceptors (Lipinski definition) is 5. The summed E-state index contributed by atoms with van der Waals surface area (Å²) in [4.78, 5) is 14.0. The zero-order valence-corrected chi connectivity index (χ0v) is 11.3. The van der Waals surface area contributed by atoms with Crippen LogP contribution >= 0.6 is 11.3 Å². The van der Waals surface area contributed by atoms with Gasteiger partial charge in [-0.25, -0.2) is 0 Å². The number of aryl methyl sites for hydroxylation is 2. The van der Waals surface area contributed by atoms with Gasteiger partial charge in [0.2, 0.25) is 0 Å². The van der Waals surface area contributed by atoms with Gasteiger partial charge in [-0.1, -0.05) is 12.1 Å². The minimum absolute atomic E-state index is 0.0971. The molecule has 96 valence electrons. The monoisotopic (exact) mass is 265 g/mol. The fourth-order valence-corrected chi connectivity index (χ4v) is 2.69. The van der Waals surface area contributed by atoms with Gasteiger partial charge in [-0.3, -0.25) is 4.79 Å². The average molecular weight is 265 g/mol. The molecule has 0 saturated heterocycles. The van der Waals surface area contributed by atoms with Crippen molar-refractivity contribution >= 4 is 17.2 Å². The molecule has 1 atom stereocenters. The maximum absolute atomic E-state index is 12.0. The molecular weight excluding hydrogens is 250 g/mol. The quantitative estimate of drug-likeness (QED) is 0.880. The molecule has 6 nitrogen and oxygen atoms in total. The Bertz CT molecular complexity index is 534. The van der Waals surface area contributed by atoms with Crippen LogP contribution in [0.2, 0.25) is 0 Å². The van der Waals surface area contributed by atoms with Crippen LogP contribution in [0.5, 0.6) is 0 Å². The zero-order chi connectivity index (χ0) is 13.1. The minimum Gasteiger partial charge on any atom is -0.341 e. The third-order valence-corrected chi connectivity index (χ3v) is 4.04. The van der Waals surface area contributed by atoms with Crippen molar-refractivity contribution in [2.45, 2.75) is 33.2 Å². The largest absolute Gasteiger partial charge is 0.341 e. The van der Waals surface area contributed by atoms with E-state index >= 15 is 0 Å². The highest BCUT2D eigenvalue weighted by atomic mass is 32.1. The normalized spacial score (nSPS) is 12.4. The number of carbonyl (C=O) groups is 1. The third-order valence-electron chi connectivity index (χ3n) is 2.66. The molecule has 0 aliphatic heterocycles. The number of hydrogen-bond donors (Lipinski definition) is 2. The van der Waals surface area contributed by atoms with Crippen LogP contribution in [-0.2, 0) is 6.42 Å². The maximum Gasteiger partial charge on any atom is 0.261 e. The highest BCUT2D eigenvalue weighted by Crippen LogP contribution is 2.22. The van der Waals surface area contributed by atoms with E-state index in [0.717, 1.165) is 11.3 Å². The van der Waals surface area contributed by atoms with Crippen molar-refractivity contribution < 1.29 is 4.79 Å². The third kappa shape index (κ3) is 2.56. The summed E-state index contributed by atoms with van der Waals surface area (Å²) in [7, 11) is 0. The first-order valence-electron chi connectivity index (χ1n) is 5.75. The van der Waals surface area contributed by atoms with Gasteiger partial charge in [0.05, 0.1) is 10.9 Å². The zero-order valence-electron chi connectivity index (χ0n) is 10.5. The Morgan fingerprint density at radius 2 is 2.39 bits per heavy atom. The molecule has 2 heterocycles. The van der Waals surface area contributed by atoms with E-state index in [1.54, 1.807) is 0 Å². The van der Waals surface area contributed by atoms with Crippen LogP contribution in [0.15, 0.2) is 6.07 Å². The van der Waals surface area contributed by atoms with Crippen molar-refractivity contribution in [3.63, 3.8) is 0 Å². The van der Waals surface area contributed by atoms with Crippen LogP contribution < -0.4 is 5.32 Å². The van der Waals surface area contributed by atoms with Crippen LogP contribution in [0.4, 0.5) is 0 Å². The lowest BCUT2D eigenvalue weighted by Crippen LogP contribution is -2.26. The van der Waals surface area contributed by atoms with E-state index in [1.807, 2.05) is 19.9 Å². The van der Waals surface area contributed by atoms with Gasteiger partial charge in [-0.05, 0) is 31.9 Å². The molecule has 0 aliphatic carbocycles. The molecule has 0 saturated carbocycles. The Balaban J connectivity index is 2.07. The smallest absolute Gasteiger partial charge is 0.261 e. The van der Waals surface area contributed by atoms with E-state index in [-0.39, 0.29) is 11.9 Å². The molecule has 0 spiro atoms. The van der Waals surface area contributed by atoms with Crippen LogP contribution in [0.3, 0.4) is 0 Å². The van der Waals surface area contributed by atoms with Gasteiger partial charge < -0.3 is 5.32 Å². The van der Waals surface area contributed by atoms with Crippen LogP contribution in [0.25, 0.3) is 0 Å². The van der Waals surface area contributed by atoms with Gasteiger partial charge in [-0.2, -0.15) is 5.21 Å². The molecule has 0 aromatic carbocycles. The van der Waals surface area contributed by atoms with E-state index in [2.05, 4.69) is 32.9 Å². The second kappa shape index (κ2) is 5.26. The predicted octanol–water partition coefficient (Wildman–Crippen LogP) is 1.62. The summed E-state index contributed by atoms with van der Waals surface area (Å²) < 4.78 is 0. The first kappa shape index (κ1) is 12.7. The number of carbonyl (C=O) groups excluding carboxylic acids is 1. The van der Waals surface area contributed by atoms with Gasteiger partial charge in [0.25, 0.3) is 5.91 Å². The Morgan fingerprint density at radius 1 is 1.61 bits per heavy atom. The van der Waals surface area contributed by atoms with Crippen molar-refractivity contribution in [2.24, 2.45) is 0 Å². The van der Waals surface area contributed by atoms with E-state index in [0.29, 0.717) is 5.82 Å². The van der Waals surface area contributed by atoms with Crippen molar-refractivity contribution in [1.82, 2.24) is 25.9 Å². The van der Waals surface area contributed by atoms with Crippen LogP contribution in [-0.4, -0.2) is 26.5 Å². The van der Waals surface area contributed by atoms with E-state index < -0.39 is 0 Å². The summed E-state index contributed by atoms with van der Waals surface area (Å²) in [5, 5.41) is 16.4. The number of H-pyrrole nitrogens is 1. The van der Waals surface area contributed by atoms with Crippen LogP contribution in [0.1, 0.15) is 45.8 Å². The number of thiophene rings is 1. The second-order valence-corrected chi connectivity index (χ2v) is 5.17. The summed E-state index contributed by atoms with van der Waals surface area (Å²) in [6.07, 6.45) is 0.949. The van der Waals surface area contributed by atoms with Crippen molar-refractivity contribution in [3.8, 4) is 0 Å². The highest BCUT2D eigenvalue weighted by Gasteiger charge is 2.17.